The van der Waals surface area contributed by atoms with Crippen molar-refractivity contribution < 1.29 is 56.3 Å². The van der Waals surface area contributed by atoms with Gasteiger partial charge in [-0.2, -0.15) is 0 Å². The number of ketones is 1. The number of hydrogen-bond donors (Lipinski definition) is 0. The van der Waals surface area contributed by atoms with Crippen molar-refractivity contribution in [2.75, 3.05) is 39.6 Å². The molecule has 2 aliphatic heterocycles. The average Bonchev–Trinajstić information content (AvgIpc) is 3.53. The van der Waals surface area contributed by atoms with E-state index in [1.54, 1.807) is 11.8 Å². The van der Waals surface area contributed by atoms with Crippen LogP contribution in [0.4, 0.5) is 0 Å². The van der Waals surface area contributed by atoms with Gasteiger partial charge in [0.25, 0.3) is 0 Å². The summed E-state index contributed by atoms with van der Waals surface area (Å²) in [6, 6.07) is -0.644. The van der Waals surface area contributed by atoms with Gasteiger partial charge in [-0.3, -0.25) is 28.8 Å². The van der Waals surface area contributed by atoms with Crippen molar-refractivity contribution in [3.05, 3.63) is 0 Å². The molecular weight excluding hydrogens is 606 g/mol. The molecule has 0 radical (unpaired) electrons. The molecule has 14 heteroatoms. The van der Waals surface area contributed by atoms with Gasteiger partial charge in [0.1, 0.15) is 25.4 Å². The predicted octanol–water partition coefficient (Wildman–Crippen LogP) is 3.38. The first-order valence-corrected chi connectivity index (χ1v) is 17.9. The normalized spacial score (nSPS) is 21.3. The Morgan fingerprint density at radius 1 is 0.933 bits per heavy atom. The molecule has 2 saturated heterocycles. The number of likely N-dealkylation sites (tertiary alicyclic amines) is 1. The van der Waals surface area contributed by atoms with Crippen LogP contribution in [0.5, 0.6) is 0 Å². The van der Waals surface area contributed by atoms with Gasteiger partial charge >= 0.3 is 32.7 Å². The van der Waals surface area contributed by atoms with Gasteiger partial charge < -0.3 is 32.4 Å². The molecule has 5 atom stereocenters. The van der Waals surface area contributed by atoms with Crippen molar-refractivity contribution in [3.8, 4) is 0 Å². The van der Waals surface area contributed by atoms with E-state index in [0.717, 1.165) is 0 Å². The van der Waals surface area contributed by atoms with E-state index in [2.05, 4.69) is 0 Å². The quantitative estimate of drug-likeness (QED) is 0.0583. The molecule has 0 spiro atoms. The molecule has 0 aromatic rings. The Bertz CT molecular complexity index is 1050. The molecule has 2 rings (SSSR count). The number of hydrogen-bond acceptors (Lipinski definition) is 12. The molecule has 13 nitrogen and oxygen atoms in total. The second-order valence-electron chi connectivity index (χ2n) is 11.6. The van der Waals surface area contributed by atoms with Gasteiger partial charge in [0.05, 0.1) is 17.3 Å². The van der Waals surface area contributed by atoms with Crippen LogP contribution in [-0.2, 0) is 56.3 Å². The summed E-state index contributed by atoms with van der Waals surface area (Å²) >= 11 is 0. The SMILES string of the molecule is CCO[Si](OCC)(OCC)C(CC)CCC(C)(C(=O)OCCOC(=O)CC(C)=O)C1C(=O)OC(=O)C1C(CC)N1CCCC1=O. The van der Waals surface area contributed by atoms with Crippen LogP contribution in [-0.4, -0.2) is 94.9 Å². The summed E-state index contributed by atoms with van der Waals surface area (Å²) in [5.74, 6) is -5.95. The topological polar surface area (TPSA) is 161 Å². The highest BCUT2D eigenvalue weighted by Gasteiger charge is 2.61. The predicted molar refractivity (Wildman–Crippen MR) is 162 cm³/mol. The highest BCUT2D eigenvalue weighted by atomic mass is 28.4. The Morgan fingerprint density at radius 3 is 2.02 bits per heavy atom. The minimum Gasteiger partial charge on any atom is -0.462 e. The molecule has 0 aromatic carbocycles. The number of nitrogens with zero attached hydrogens (tertiary/aromatic N) is 1. The van der Waals surface area contributed by atoms with Crippen molar-refractivity contribution in [3.63, 3.8) is 0 Å². The summed E-state index contributed by atoms with van der Waals surface area (Å²) in [6.07, 6.45) is 1.97. The van der Waals surface area contributed by atoms with E-state index in [4.69, 9.17) is 27.5 Å². The monoisotopic (exact) mass is 657 g/mol. The standard InChI is InChI=1S/C31H51NO12Si/c1-8-22(45(41-10-3,42-11-4)43-12-5)15-16-31(7,30(38)40-19-18-39-25(35)20-21(6)33)27-26(28(36)44-29(27)37)23(9-2)32-17-13-14-24(32)34/h22-23,26-27H,8-20H2,1-7H3. The molecule has 0 saturated carbocycles. The largest absolute Gasteiger partial charge is 0.504 e. The molecule has 0 aliphatic carbocycles. The van der Waals surface area contributed by atoms with E-state index in [9.17, 15) is 28.8 Å². The molecule has 1 amide bonds. The average molecular weight is 658 g/mol. The van der Waals surface area contributed by atoms with Crippen LogP contribution in [0.3, 0.4) is 0 Å². The number of carbonyl (C=O) groups excluding carboxylic acids is 6. The maximum absolute atomic E-state index is 14.0. The van der Waals surface area contributed by atoms with Gasteiger partial charge in [0, 0.05) is 44.4 Å². The first kappa shape index (κ1) is 38.5. The lowest BCUT2D eigenvalue weighted by molar-refractivity contribution is -0.168. The van der Waals surface area contributed by atoms with Crippen molar-refractivity contribution in [1.82, 2.24) is 4.90 Å². The van der Waals surface area contributed by atoms with Crippen molar-refractivity contribution in [2.45, 2.75) is 105 Å². The maximum atomic E-state index is 14.0. The number of esters is 4. The highest BCUT2D eigenvalue weighted by Crippen LogP contribution is 2.48. The lowest BCUT2D eigenvalue weighted by atomic mass is 9.66. The number of ether oxygens (including phenoxy) is 3. The zero-order chi connectivity index (χ0) is 33.8. The molecule has 2 fully saturated rings. The van der Waals surface area contributed by atoms with Gasteiger partial charge in [-0.1, -0.05) is 13.8 Å². The summed E-state index contributed by atoms with van der Waals surface area (Å²) in [6.45, 7) is 13.1. The highest BCUT2D eigenvalue weighted by molar-refractivity contribution is 6.62. The van der Waals surface area contributed by atoms with E-state index >= 15 is 0 Å². The minimum absolute atomic E-state index is 0.0877. The van der Waals surface area contributed by atoms with Crippen LogP contribution < -0.4 is 0 Å². The Hall–Kier alpha value is -2.68. The van der Waals surface area contributed by atoms with Crippen LogP contribution in [0, 0.1) is 17.3 Å². The number of carbonyl (C=O) groups is 6. The summed E-state index contributed by atoms with van der Waals surface area (Å²) in [5, 5.41) is 0. The first-order chi connectivity index (χ1) is 21.3. The van der Waals surface area contributed by atoms with E-state index in [1.165, 1.54) is 6.92 Å². The van der Waals surface area contributed by atoms with E-state index in [1.807, 2.05) is 34.6 Å². The second kappa shape index (κ2) is 17.9. The zero-order valence-corrected chi connectivity index (χ0v) is 28.8. The minimum atomic E-state index is -3.24. The molecule has 0 aromatic heterocycles. The third kappa shape index (κ3) is 9.43. The first-order valence-electron chi connectivity index (χ1n) is 16.1. The van der Waals surface area contributed by atoms with Crippen LogP contribution >= 0.6 is 0 Å². The fourth-order valence-electron chi connectivity index (χ4n) is 6.52. The number of rotatable bonds is 21. The summed E-state index contributed by atoms with van der Waals surface area (Å²) in [5.41, 5.74) is -1.82. The van der Waals surface area contributed by atoms with Gasteiger partial charge in [-0.25, -0.2) is 0 Å². The number of Topliss-reactive ketones (excluding diaryl/α,β-unsaturated/α-hetero) is 1. The molecule has 0 N–H and O–H groups in total. The van der Waals surface area contributed by atoms with Crippen molar-refractivity contribution >= 4 is 44.4 Å². The van der Waals surface area contributed by atoms with E-state index < -0.39 is 62.4 Å². The van der Waals surface area contributed by atoms with Gasteiger partial charge in [-0.05, 0) is 66.7 Å². The molecule has 45 heavy (non-hydrogen) atoms. The smallest absolute Gasteiger partial charge is 0.462 e. The Morgan fingerprint density at radius 2 is 1.53 bits per heavy atom. The summed E-state index contributed by atoms with van der Waals surface area (Å²) in [7, 11) is -3.24. The van der Waals surface area contributed by atoms with Crippen molar-refractivity contribution in [1.29, 1.82) is 0 Å². The lowest BCUT2D eigenvalue weighted by Gasteiger charge is -2.40. The molecule has 2 aliphatic rings. The van der Waals surface area contributed by atoms with Crippen LogP contribution in [0.25, 0.3) is 0 Å². The molecule has 0 bridgehead atoms. The third-order valence-corrected chi connectivity index (χ3v) is 12.4. The van der Waals surface area contributed by atoms with Gasteiger partial charge in [0.2, 0.25) is 5.91 Å². The molecule has 2 heterocycles. The zero-order valence-electron chi connectivity index (χ0n) is 27.8. The Balaban J connectivity index is 2.47. The molecule has 5 unspecified atom stereocenters. The van der Waals surface area contributed by atoms with Crippen LogP contribution in [0.2, 0.25) is 5.54 Å². The number of cyclic esters (lactones) is 2. The van der Waals surface area contributed by atoms with Crippen LogP contribution in [0.15, 0.2) is 0 Å². The molecular formula is C31H51NO12Si. The van der Waals surface area contributed by atoms with Crippen molar-refractivity contribution in [2.24, 2.45) is 17.3 Å². The fourth-order valence-corrected chi connectivity index (χ4v) is 9.68. The Kier molecular flexibility index (Phi) is 15.3. The maximum Gasteiger partial charge on any atom is 0.504 e. The fraction of sp³-hybridized carbons (Fsp3) is 0.806. The second-order valence-corrected chi connectivity index (χ2v) is 14.5. The summed E-state index contributed by atoms with van der Waals surface area (Å²) < 4.78 is 34.2. The number of amides is 1. The van der Waals surface area contributed by atoms with E-state index in [-0.39, 0.29) is 36.9 Å². The lowest BCUT2D eigenvalue weighted by Crippen LogP contribution is -2.52. The van der Waals surface area contributed by atoms with Gasteiger partial charge in [0.15, 0.2) is 0 Å². The van der Waals surface area contributed by atoms with Crippen LogP contribution in [0.1, 0.15) is 93.4 Å². The molecule has 256 valence electrons. The summed E-state index contributed by atoms with van der Waals surface area (Å²) in [4.78, 5) is 78.1. The van der Waals surface area contributed by atoms with Gasteiger partial charge in [-0.15, -0.1) is 0 Å². The third-order valence-electron chi connectivity index (χ3n) is 8.60. The Labute approximate surface area is 267 Å². The van der Waals surface area contributed by atoms with E-state index in [0.29, 0.717) is 58.5 Å².